The van der Waals surface area contributed by atoms with Crippen molar-refractivity contribution in [3.05, 3.63) is 56.2 Å². The van der Waals surface area contributed by atoms with Gasteiger partial charge in [0, 0.05) is 33.2 Å². The fourth-order valence-corrected chi connectivity index (χ4v) is 8.69. The smallest absolute Gasteiger partial charge is 0.332 e. The summed E-state index contributed by atoms with van der Waals surface area (Å²) in [5.74, 6) is 6.80. The van der Waals surface area contributed by atoms with Gasteiger partial charge >= 0.3 is 5.69 Å². The lowest BCUT2D eigenvalue weighted by molar-refractivity contribution is -0.158. The van der Waals surface area contributed by atoms with Gasteiger partial charge in [0.25, 0.3) is 5.56 Å². The highest BCUT2D eigenvalue weighted by Crippen LogP contribution is 2.60. The number of hydrogen-bond donors (Lipinski definition) is 0. The lowest BCUT2D eigenvalue weighted by Crippen LogP contribution is -2.58. The van der Waals surface area contributed by atoms with Gasteiger partial charge in [-0.3, -0.25) is 23.3 Å². The zero-order valence-corrected chi connectivity index (χ0v) is 24.6. The van der Waals surface area contributed by atoms with Crippen molar-refractivity contribution in [2.45, 2.75) is 58.5 Å². The number of hydrogen-bond acceptors (Lipinski definition) is 5. The normalized spacial score (nSPS) is 26.2. The number of halogens is 2. The summed E-state index contributed by atoms with van der Waals surface area (Å²) in [6.45, 7) is 3.93. The van der Waals surface area contributed by atoms with Crippen molar-refractivity contribution in [3.8, 4) is 11.8 Å². The van der Waals surface area contributed by atoms with Gasteiger partial charge in [0.2, 0.25) is 11.9 Å². The summed E-state index contributed by atoms with van der Waals surface area (Å²) in [6.07, 6.45) is 6.99. The van der Waals surface area contributed by atoms with E-state index in [0.29, 0.717) is 55.8 Å². The minimum atomic E-state index is -1.05. The molecule has 5 fully saturated rings. The van der Waals surface area contributed by atoms with Crippen molar-refractivity contribution in [1.29, 1.82) is 0 Å². The molecule has 3 aromatic rings. The molecular weight excluding hydrogens is 554 g/mol. The van der Waals surface area contributed by atoms with E-state index < -0.39 is 22.9 Å². The summed E-state index contributed by atoms with van der Waals surface area (Å²) < 4.78 is 31.4. The van der Waals surface area contributed by atoms with Crippen LogP contribution in [-0.2, 0) is 24.9 Å². The molecule has 0 spiro atoms. The number of aromatic nitrogens is 4. The molecule has 0 N–H and O–H groups in total. The van der Waals surface area contributed by atoms with Crippen LogP contribution in [0.2, 0.25) is 0 Å². The van der Waals surface area contributed by atoms with Crippen LogP contribution in [0.1, 0.15) is 51.0 Å². The second-order valence-corrected chi connectivity index (χ2v) is 13.1. The number of carbonyl (C=O) groups excluding carboxylic acids is 1. The van der Waals surface area contributed by atoms with Gasteiger partial charge in [-0.15, -0.1) is 5.92 Å². The molecule has 0 radical (unpaired) electrons. The number of carbonyl (C=O) groups is 1. The first-order chi connectivity index (χ1) is 20.7. The van der Waals surface area contributed by atoms with Crippen LogP contribution in [0.15, 0.2) is 27.8 Å². The van der Waals surface area contributed by atoms with Gasteiger partial charge in [0.15, 0.2) is 22.8 Å². The predicted molar refractivity (Wildman–Crippen MR) is 158 cm³/mol. The molecule has 4 bridgehead atoms. The molecule has 1 saturated heterocycles. The summed E-state index contributed by atoms with van der Waals surface area (Å²) in [6, 6.07) is 3.32. The van der Waals surface area contributed by atoms with Crippen LogP contribution in [-0.4, -0.2) is 55.7 Å². The molecular formula is C32H36F2N6O3. The minimum absolute atomic E-state index is 0.183. The van der Waals surface area contributed by atoms with E-state index in [1.165, 1.54) is 29.9 Å². The van der Waals surface area contributed by atoms with Crippen molar-refractivity contribution in [3.63, 3.8) is 0 Å². The van der Waals surface area contributed by atoms with E-state index in [1.54, 1.807) is 18.5 Å². The second-order valence-electron chi connectivity index (χ2n) is 13.1. The molecule has 43 heavy (non-hydrogen) atoms. The maximum absolute atomic E-state index is 13.9. The van der Waals surface area contributed by atoms with Crippen LogP contribution in [0, 0.1) is 46.6 Å². The molecule has 1 aliphatic heterocycles. The van der Waals surface area contributed by atoms with Gasteiger partial charge < -0.3 is 9.80 Å². The van der Waals surface area contributed by atoms with Crippen LogP contribution in [0.3, 0.4) is 0 Å². The minimum Gasteiger partial charge on any atom is -0.339 e. The van der Waals surface area contributed by atoms with E-state index in [2.05, 4.69) is 16.7 Å². The van der Waals surface area contributed by atoms with E-state index in [4.69, 9.17) is 4.98 Å². The number of amides is 1. The van der Waals surface area contributed by atoms with E-state index in [-0.39, 0.29) is 35.2 Å². The van der Waals surface area contributed by atoms with E-state index in [0.717, 1.165) is 36.0 Å². The summed E-state index contributed by atoms with van der Waals surface area (Å²) in [4.78, 5) is 49.9. The Morgan fingerprint density at radius 3 is 2.23 bits per heavy atom. The first-order valence-electron chi connectivity index (χ1n) is 15.3. The van der Waals surface area contributed by atoms with Gasteiger partial charge in [-0.25, -0.2) is 13.6 Å². The van der Waals surface area contributed by atoms with Crippen LogP contribution >= 0.6 is 0 Å². The topological polar surface area (TPSA) is 85.4 Å². The van der Waals surface area contributed by atoms with E-state index in [1.807, 2.05) is 4.90 Å². The number of rotatable bonds is 5. The van der Waals surface area contributed by atoms with Gasteiger partial charge in [-0.05, 0) is 80.9 Å². The monoisotopic (exact) mass is 590 g/mol. The van der Waals surface area contributed by atoms with Crippen LogP contribution < -0.4 is 16.1 Å². The molecule has 8 rings (SSSR count). The maximum atomic E-state index is 13.9. The molecule has 1 amide bonds. The average molecular weight is 591 g/mol. The lowest BCUT2D eigenvalue weighted by atomic mass is 9.49. The lowest BCUT2D eigenvalue weighted by Gasteiger charge is -2.57. The number of benzene rings is 1. The van der Waals surface area contributed by atoms with Gasteiger partial charge in [-0.1, -0.05) is 12.0 Å². The zero-order chi connectivity index (χ0) is 30.0. The Bertz CT molecular complexity index is 1770. The third-order valence-electron chi connectivity index (χ3n) is 10.3. The predicted octanol–water partition coefficient (Wildman–Crippen LogP) is 3.11. The average Bonchev–Trinajstić information content (AvgIpc) is 3.37. The number of aryl methyl sites for hydroxylation is 1. The van der Waals surface area contributed by atoms with Crippen molar-refractivity contribution in [1.82, 2.24) is 23.6 Å². The number of piperazine rings is 1. The van der Waals surface area contributed by atoms with Crippen LogP contribution in [0.4, 0.5) is 14.7 Å². The molecule has 11 heteroatoms. The Labute approximate surface area is 248 Å². The Hall–Kier alpha value is -3.94. The fourth-order valence-electron chi connectivity index (χ4n) is 8.69. The first kappa shape index (κ1) is 27.9. The quantitative estimate of drug-likeness (QED) is 0.427. The molecule has 226 valence electrons. The Morgan fingerprint density at radius 1 is 0.977 bits per heavy atom. The Balaban J connectivity index is 1.19. The Morgan fingerprint density at radius 2 is 1.63 bits per heavy atom. The molecule has 1 aromatic carbocycles. The van der Waals surface area contributed by atoms with E-state index >= 15 is 0 Å². The van der Waals surface area contributed by atoms with Crippen molar-refractivity contribution >= 4 is 23.0 Å². The summed E-state index contributed by atoms with van der Waals surface area (Å²) in [5, 5.41) is 0. The van der Waals surface area contributed by atoms with Gasteiger partial charge in [-0.2, -0.15) is 4.98 Å². The summed E-state index contributed by atoms with van der Waals surface area (Å²) in [7, 11) is 1.54. The maximum Gasteiger partial charge on any atom is 0.332 e. The van der Waals surface area contributed by atoms with Gasteiger partial charge in [0.05, 0.1) is 18.5 Å². The molecule has 4 saturated carbocycles. The van der Waals surface area contributed by atoms with E-state index in [9.17, 15) is 23.2 Å². The Kier molecular flexibility index (Phi) is 6.71. The number of anilines is 1. The molecule has 3 heterocycles. The number of fused-ring (bicyclic) bond motifs is 1. The third kappa shape index (κ3) is 4.57. The van der Waals surface area contributed by atoms with Crippen molar-refractivity contribution in [2.24, 2.45) is 30.2 Å². The largest absolute Gasteiger partial charge is 0.339 e. The standard InChI is InChI=1S/C32H36F2N6O3/c1-3-4-7-39-26-27(36(2)31(43)40(28(26)41)19-20-5-6-24(33)25(34)15-20)35-30(39)38-10-8-37(9-11-38)29(42)32-16-21-12-22(17-32)14-23(13-21)18-32/h5-6,15,21-23H,7-14,16-19H2,1-2H3. The molecule has 0 unspecified atom stereocenters. The third-order valence-corrected chi connectivity index (χ3v) is 10.3. The van der Waals surface area contributed by atoms with Crippen LogP contribution in [0.25, 0.3) is 11.2 Å². The fraction of sp³-hybridized carbons (Fsp3) is 0.562. The van der Waals surface area contributed by atoms with Crippen LogP contribution in [0.5, 0.6) is 0 Å². The summed E-state index contributed by atoms with van der Waals surface area (Å²) in [5.41, 5.74) is -0.624. The molecule has 0 atom stereocenters. The molecule has 2 aromatic heterocycles. The molecule has 4 aliphatic carbocycles. The highest BCUT2D eigenvalue weighted by molar-refractivity contribution is 5.83. The van der Waals surface area contributed by atoms with Crippen molar-refractivity contribution in [2.75, 3.05) is 31.1 Å². The van der Waals surface area contributed by atoms with Crippen molar-refractivity contribution < 1.29 is 13.6 Å². The number of nitrogens with zero attached hydrogens (tertiary/aromatic N) is 6. The second kappa shape index (κ2) is 10.4. The molecule has 5 aliphatic rings. The SMILES string of the molecule is CC#CCn1c(N2CCN(C(=O)C34CC5CC(CC(C5)C3)C4)CC2)nc2c1c(=O)n(Cc1ccc(F)c(F)c1)c(=O)n2C. The summed E-state index contributed by atoms with van der Waals surface area (Å²) >= 11 is 0. The highest BCUT2D eigenvalue weighted by Gasteiger charge is 2.55. The first-order valence-corrected chi connectivity index (χ1v) is 15.3. The number of imidazole rings is 1. The molecule has 9 nitrogen and oxygen atoms in total. The van der Waals surface area contributed by atoms with Gasteiger partial charge in [0.1, 0.15) is 0 Å². The highest BCUT2D eigenvalue weighted by atomic mass is 19.2. The zero-order valence-electron chi connectivity index (χ0n) is 24.6.